The smallest absolute Gasteiger partial charge is 0.259 e. The molecule has 0 aliphatic heterocycles. The van der Waals surface area contributed by atoms with Gasteiger partial charge in [-0.2, -0.15) is 0 Å². The highest BCUT2D eigenvalue weighted by molar-refractivity contribution is 7.77. The molecule has 3 aliphatic carbocycles. The molecule has 19 heavy (non-hydrogen) atoms. The van der Waals surface area contributed by atoms with Crippen molar-refractivity contribution < 1.29 is 13.2 Å². The van der Waals surface area contributed by atoms with Gasteiger partial charge in [-0.3, -0.25) is 9.27 Å². The van der Waals surface area contributed by atoms with Crippen LogP contribution in [0.1, 0.15) is 26.7 Å². The van der Waals surface area contributed by atoms with E-state index in [1.165, 1.54) is 5.57 Å². The molecule has 3 rings (SSSR count). The Labute approximate surface area is 115 Å². The van der Waals surface area contributed by atoms with E-state index >= 15 is 0 Å². The molecule has 5 unspecified atom stereocenters. The highest BCUT2D eigenvalue weighted by Crippen LogP contribution is 2.59. The van der Waals surface area contributed by atoms with Crippen LogP contribution in [0.4, 0.5) is 4.39 Å². The topological polar surface area (TPSA) is 49.3 Å². The Bertz CT molecular complexity index is 542. The lowest BCUT2D eigenvalue weighted by molar-refractivity contribution is 0.550. The van der Waals surface area contributed by atoms with Crippen LogP contribution in [0.3, 0.4) is 0 Å². The van der Waals surface area contributed by atoms with Gasteiger partial charge in [0.05, 0.1) is 5.70 Å². The minimum atomic E-state index is -2.23. The summed E-state index contributed by atoms with van der Waals surface area (Å²) >= 11 is -2.23. The molecule has 0 bridgehead atoms. The summed E-state index contributed by atoms with van der Waals surface area (Å²) in [6, 6.07) is 0. The van der Waals surface area contributed by atoms with Gasteiger partial charge in [0.2, 0.25) is 0 Å². The lowest BCUT2D eigenvalue weighted by atomic mass is 10.2. The van der Waals surface area contributed by atoms with E-state index in [2.05, 4.69) is 11.3 Å². The maximum Gasteiger partial charge on any atom is 0.259 e. The molecule has 3 nitrogen and oxygen atoms in total. The van der Waals surface area contributed by atoms with Gasteiger partial charge in [0.25, 0.3) is 11.3 Å². The first-order chi connectivity index (χ1) is 8.91. The van der Waals surface area contributed by atoms with Crippen LogP contribution in [0.15, 0.2) is 34.8 Å². The fourth-order valence-electron chi connectivity index (χ4n) is 2.95. The molecule has 3 saturated carbocycles. The minimum Gasteiger partial charge on any atom is -0.289 e. The second-order valence-electron chi connectivity index (χ2n) is 5.88. The van der Waals surface area contributed by atoms with Gasteiger partial charge in [-0.25, -0.2) is 8.60 Å². The van der Waals surface area contributed by atoms with Gasteiger partial charge in [-0.15, -0.1) is 0 Å². The molecular weight excluding hydrogens is 265 g/mol. The summed E-state index contributed by atoms with van der Waals surface area (Å²) < 4.78 is 36.8. The molecule has 0 aromatic heterocycles. The molecule has 0 aromatic carbocycles. The van der Waals surface area contributed by atoms with Crippen LogP contribution < -0.4 is 4.72 Å². The second kappa shape index (κ2) is 4.28. The molecule has 0 saturated heterocycles. The second-order valence-corrected chi connectivity index (χ2v) is 6.58. The zero-order chi connectivity index (χ0) is 13.9. The van der Waals surface area contributed by atoms with Crippen LogP contribution in [0.5, 0.6) is 0 Å². The molecule has 3 fully saturated rings. The van der Waals surface area contributed by atoms with Crippen LogP contribution in [0, 0.1) is 23.7 Å². The maximum atomic E-state index is 14.4. The summed E-state index contributed by atoms with van der Waals surface area (Å²) in [4.78, 5) is 0. The lowest BCUT2D eigenvalue weighted by Crippen LogP contribution is -2.16. The number of hydrogen-bond donors (Lipinski definition) is 2. The molecule has 0 aromatic rings. The SMILES string of the molecule is C=C1CC1C1CC1=C(NS(=O)O)C(F)=C1C(C)C1C. The Balaban J connectivity index is 1.88. The van der Waals surface area contributed by atoms with Gasteiger partial charge >= 0.3 is 0 Å². The third-order valence-electron chi connectivity index (χ3n) is 4.66. The van der Waals surface area contributed by atoms with Crippen molar-refractivity contribution >= 4 is 11.3 Å². The quantitative estimate of drug-likeness (QED) is 0.615. The third kappa shape index (κ3) is 2.30. The van der Waals surface area contributed by atoms with Crippen LogP contribution in [0.25, 0.3) is 0 Å². The molecule has 5 atom stereocenters. The summed E-state index contributed by atoms with van der Waals surface area (Å²) in [7, 11) is 0. The Morgan fingerprint density at radius 2 is 1.95 bits per heavy atom. The molecule has 2 N–H and O–H groups in total. The van der Waals surface area contributed by atoms with Crippen molar-refractivity contribution in [2.75, 3.05) is 0 Å². The van der Waals surface area contributed by atoms with Crippen molar-refractivity contribution in [2.24, 2.45) is 23.7 Å². The van der Waals surface area contributed by atoms with Gasteiger partial charge in [0.1, 0.15) is 5.83 Å². The zero-order valence-corrected chi connectivity index (χ0v) is 11.9. The molecule has 104 valence electrons. The summed E-state index contributed by atoms with van der Waals surface area (Å²) in [6.07, 6.45) is 1.82. The molecule has 0 radical (unpaired) electrons. The number of nitrogens with one attached hydrogen (secondary N) is 1. The van der Waals surface area contributed by atoms with Gasteiger partial charge in [-0.1, -0.05) is 26.0 Å². The normalized spacial score (nSPS) is 39.8. The molecular formula is C14H18FNO2S. The standard InChI is InChI=1S/C14H18FNO2S/c1-6-4-9(6)10-5-11(10)14(16-19(17)18)13(15)12-7(2)8(12)3/h7-10,16H,1,4-5H2,2-3H3,(H,17,18). The van der Waals surface area contributed by atoms with E-state index in [4.69, 9.17) is 4.55 Å². The van der Waals surface area contributed by atoms with Crippen molar-refractivity contribution in [3.8, 4) is 0 Å². The maximum absolute atomic E-state index is 14.4. The van der Waals surface area contributed by atoms with Crippen LogP contribution in [0.2, 0.25) is 0 Å². The van der Waals surface area contributed by atoms with Crippen LogP contribution >= 0.6 is 0 Å². The largest absolute Gasteiger partial charge is 0.289 e. The number of halogens is 1. The number of rotatable bonds is 4. The van der Waals surface area contributed by atoms with Gasteiger partial charge < -0.3 is 0 Å². The number of hydrogen-bond acceptors (Lipinski definition) is 1. The highest BCUT2D eigenvalue weighted by Gasteiger charge is 2.49. The zero-order valence-electron chi connectivity index (χ0n) is 11.1. The Hall–Kier alpha value is -0.940. The van der Waals surface area contributed by atoms with Crippen molar-refractivity contribution in [3.63, 3.8) is 0 Å². The van der Waals surface area contributed by atoms with E-state index in [9.17, 15) is 8.60 Å². The predicted octanol–water partition coefficient (Wildman–Crippen LogP) is 3.07. The average Bonchev–Trinajstić information content (AvgIpc) is 3.20. The first kappa shape index (κ1) is 13.1. The first-order valence-electron chi connectivity index (χ1n) is 6.60. The van der Waals surface area contributed by atoms with E-state index in [-0.39, 0.29) is 23.4 Å². The van der Waals surface area contributed by atoms with Gasteiger partial charge in [0.15, 0.2) is 0 Å². The molecule has 3 aliphatic rings. The minimum absolute atomic E-state index is 0.234. The van der Waals surface area contributed by atoms with Crippen LogP contribution in [-0.4, -0.2) is 8.76 Å². The van der Waals surface area contributed by atoms with Gasteiger partial charge in [-0.05, 0) is 47.7 Å². The van der Waals surface area contributed by atoms with E-state index < -0.39 is 11.3 Å². The highest BCUT2D eigenvalue weighted by atomic mass is 32.2. The Morgan fingerprint density at radius 1 is 1.37 bits per heavy atom. The van der Waals surface area contributed by atoms with Crippen molar-refractivity contribution in [2.45, 2.75) is 26.7 Å². The number of allylic oxidation sites excluding steroid dienone is 4. The summed E-state index contributed by atoms with van der Waals surface area (Å²) in [5.74, 6) is 0.946. The summed E-state index contributed by atoms with van der Waals surface area (Å²) in [6.45, 7) is 7.88. The predicted molar refractivity (Wildman–Crippen MR) is 72.7 cm³/mol. The third-order valence-corrected chi connectivity index (χ3v) is 5.04. The summed E-state index contributed by atoms with van der Waals surface area (Å²) in [5.41, 5.74) is 3.19. The fraction of sp³-hybridized carbons (Fsp3) is 0.571. The first-order valence-corrected chi connectivity index (χ1v) is 7.70. The van der Waals surface area contributed by atoms with Crippen LogP contribution in [-0.2, 0) is 11.3 Å². The lowest BCUT2D eigenvalue weighted by Gasteiger charge is -2.05. The molecule has 0 amide bonds. The van der Waals surface area contributed by atoms with Crippen molar-refractivity contribution in [1.82, 2.24) is 4.72 Å². The Morgan fingerprint density at radius 3 is 2.37 bits per heavy atom. The Kier molecular flexibility index (Phi) is 2.94. The monoisotopic (exact) mass is 283 g/mol. The van der Waals surface area contributed by atoms with Crippen molar-refractivity contribution in [1.29, 1.82) is 0 Å². The molecule has 5 heteroatoms. The summed E-state index contributed by atoms with van der Waals surface area (Å²) in [5, 5.41) is 0. The van der Waals surface area contributed by atoms with E-state index in [0.717, 1.165) is 24.0 Å². The van der Waals surface area contributed by atoms with Crippen molar-refractivity contribution in [3.05, 3.63) is 34.8 Å². The average molecular weight is 283 g/mol. The fourth-order valence-corrected chi connectivity index (χ4v) is 3.35. The van der Waals surface area contributed by atoms with E-state index in [0.29, 0.717) is 11.8 Å². The molecule has 0 spiro atoms. The van der Waals surface area contributed by atoms with E-state index in [1.807, 2.05) is 13.8 Å². The molecule has 0 heterocycles. The van der Waals surface area contributed by atoms with Gasteiger partial charge in [0, 0.05) is 0 Å². The van der Waals surface area contributed by atoms with E-state index in [1.54, 1.807) is 0 Å².